The Hall–Kier alpha value is -6.53. The van der Waals surface area contributed by atoms with Crippen molar-refractivity contribution in [2.75, 3.05) is 146 Å². The quantitative estimate of drug-likeness (QED) is 0.00778. The number of halogens is 3. The lowest BCUT2D eigenvalue weighted by Gasteiger charge is -2.42. The molecule has 2 amide bonds. The zero-order valence-corrected chi connectivity index (χ0v) is 88.6. The number of esters is 4. The number of nitrogens with one attached hydrogen (secondary N) is 1. The summed E-state index contributed by atoms with van der Waals surface area (Å²) in [5, 5.41) is 148. The highest BCUT2D eigenvalue weighted by molar-refractivity contribution is 6.83. The highest BCUT2D eigenvalue weighted by Crippen LogP contribution is 2.59. The number of ether oxygens (including phenoxy) is 25. The lowest BCUT2D eigenvalue weighted by atomic mass is 9.97. The van der Waals surface area contributed by atoms with Crippen molar-refractivity contribution >= 4 is 43.8 Å². The molecule has 1 aromatic heterocycles. The minimum atomic E-state index is -4.83. The van der Waals surface area contributed by atoms with Gasteiger partial charge in [0.1, 0.15) is 118 Å². The van der Waals surface area contributed by atoms with E-state index in [0.717, 1.165) is 17.0 Å². The highest BCUT2D eigenvalue weighted by Gasteiger charge is 2.60. The number of hydrogen-bond donors (Lipinski definition) is 14. The molecule has 6 aliphatic heterocycles. The second kappa shape index (κ2) is 63.5. The number of carbonyl (C=O) groups is 6. The van der Waals surface area contributed by atoms with Crippen LogP contribution in [0.5, 0.6) is 0 Å². The van der Waals surface area contributed by atoms with Gasteiger partial charge in [0.15, 0.2) is 94.2 Å². The number of aliphatic hydroxyl groups is 13. The van der Waals surface area contributed by atoms with E-state index in [1.165, 1.54) is 33.0 Å². The first-order valence-electron chi connectivity index (χ1n) is 49.3. The summed E-state index contributed by atoms with van der Waals surface area (Å²) >= 11 is 0. The van der Waals surface area contributed by atoms with Crippen LogP contribution in [0, 0.1) is 54.9 Å². The fourth-order valence-corrected chi connectivity index (χ4v) is 16.6. The minimum absolute atomic E-state index is 0.0203. The van der Waals surface area contributed by atoms with Crippen molar-refractivity contribution in [3.8, 4) is 23.8 Å². The van der Waals surface area contributed by atoms with Crippen LogP contribution in [0.1, 0.15) is 114 Å². The molecule has 8 rings (SSSR count). The third kappa shape index (κ3) is 40.0. The molecular formula is C95H158F3N5O44Si. The Balaban J connectivity index is 0.000000341. The fraction of sp³-hybridized carbons (Fsp3) is 0.853. The largest absolute Gasteiger partial charge is 0.463 e. The Morgan fingerprint density at radius 1 is 0.500 bits per heavy atom. The molecular weight excluding hydrogens is 2000 g/mol. The molecule has 852 valence electrons. The summed E-state index contributed by atoms with van der Waals surface area (Å²) in [5.41, 5.74) is 5.97. The Kier molecular flexibility index (Phi) is 55.8. The van der Waals surface area contributed by atoms with Gasteiger partial charge in [0.25, 0.3) is 11.8 Å². The van der Waals surface area contributed by atoms with Gasteiger partial charge in [0.05, 0.1) is 128 Å². The SMILES string of the molecule is C#CCOC(=O)C1O[C@@H](OCCO[C@@H]2C(C(=O)OCC#C[Si](C)(C)C)O[C@@H](OC(C)C)[C@@H](O)[C@H]2O)[C@@H](O)[C@@H](O)[C@@H]1OC(C)C.CC(C)=CC1C(COC(=O)C2O[C@@H](OC(C)C)[C@@H](O)[C@@H](O)[C@@H]2OCCO[C@@H]2OC(C(=O)OCC(F)(F)F)[C@@H](OC(C)C)[C@H](O)[C@@H]2O)C1(C)C.CCN(CCCCO)C(=O)C1O[C@@H](OCCO[C@@H]2C(C(=O)NCCOCCOCCOCCn3nnc(C)c3C)O[C@@H](OC)[C@@H](O)[C@H]2O)[C@@H](O)[C@@H](O)[C@@H]1OC. The molecule has 14 N–H and O–H groups in total. The number of terminal acetylenes is 1. The first kappa shape index (κ1) is 130. The predicted octanol–water partition coefficient (Wildman–Crippen LogP) is -2.87. The van der Waals surface area contributed by atoms with Gasteiger partial charge in [-0.05, 0) is 114 Å². The first-order valence-corrected chi connectivity index (χ1v) is 52.8. The van der Waals surface area contributed by atoms with E-state index in [-0.39, 0.29) is 89.9 Å². The number of methoxy groups -OCH3 is 2. The van der Waals surface area contributed by atoms with Gasteiger partial charge in [0.2, 0.25) is 0 Å². The number of aromatic nitrogens is 3. The van der Waals surface area contributed by atoms with E-state index in [9.17, 15) is 103 Å². The molecule has 7 heterocycles. The maximum absolute atomic E-state index is 13.3. The first-order chi connectivity index (χ1) is 69.7. The van der Waals surface area contributed by atoms with Gasteiger partial charge in [-0.15, -0.1) is 17.1 Å². The molecule has 53 heteroatoms. The molecule has 0 radical (unpaired) electrons. The molecule has 1 saturated carbocycles. The second-order valence-electron chi connectivity index (χ2n) is 38.6. The van der Waals surface area contributed by atoms with Crippen LogP contribution in [-0.4, -0.2) is 491 Å². The molecule has 49 nitrogen and oxygen atoms in total. The summed E-state index contributed by atoms with van der Waals surface area (Å²) in [4.78, 5) is 79.3. The number of likely N-dealkylation sites (N-methyl/N-ethyl adjacent to an activating group) is 1. The maximum Gasteiger partial charge on any atom is 0.422 e. The normalized spacial score (nSPS) is 32.1. The molecule has 0 aromatic carbocycles. The number of amides is 2. The lowest BCUT2D eigenvalue weighted by molar-refractivity contribution is -0.317. The Bertz CT molecular complexity index is 4240. The van der Waals surface area contributed by atoms with Crippen LogP contribution in [0.2, 0.25) is 19.6 Å². The summed E-state index contributed by atoms with van der Waals surface area (Å²) in [5.74, 6) is -0.122. The number of hydrogen-bond acceptors (Lipinski definition) is 46. The van der Waals surface area contributed by atoms with Crippen molar-refractivity contribution in [1.82, 2.24) is 25.2 Å². The summed E-state index contributed by atoms with van der Waals surface area (Å²) in [6.07, 6.45) is -44.3. The summed E-state index contributed by atoms with van der Waals surface area (Å²) in [7, 11) is 0.823. The Morgan fingerprint density at radius 3 is 1.31 bits per heavy atom. The van der Waals surface area contributed by atoms with Crippen LogP contribution >= 0.6 is 0 Å². The van der Waals surface area contributed by atoms with Crippen LogP contribution < -0.4 is 5.32 Å². The molecule has 148 heavy (non-hydrogen) atoms. The topological polar surface area (TPSA) is 642 Å². The highest BCUT2D eigenvalue weighted by atomic mass is 28.3. The standard InChI is InChI=1S/C34H61N5O16.C32H51F3O14.C29H46O14Si/c1-6-38(10-7-8-12-40)32(46)30-27(47-4)23(41)26(44)34(55-30)53-20-19-52-28-24(42)25(43)33(48-5)54-29(28)31(45)35-9-13-49-15-17-51-18-16-50-14-11-39-22(3)21(2)36-37-39;1-14(2)11-17-18(31(17,7)8)12-44-27(40)25-23(19(36)22(39)30(49-25)47-16(5)6)42-9-10-43-29-21(38)20(37)24(46-15(3)4)26(48-29)28(41)45-13-32(33,34)35;1-9-11-37-27(35)25-23(40-16(2)3)19(31)20(32)28(42-25)39-14-13-36-22-18(30)21(33)29(41-17(4)5)43-24(22)26(34)38-12-10-15-44(6,7)8/h23-30,33-34,40-44H,6-20H2,1-5H3,(H,35,45);11,15-26,29-30,36-39H,9-10,12-13H2,1-8H3;1,16-25,28-33H,11-14H2,2-8H3/t23-,24-,25+,26+,27+,28+,29?,30?,33-,34-;17?,18?,19-,20-,21+,22+,23+,24+,25?,26?,29-,30-;18-,19-,20+,21+,22+,23+,24?,25?,28-,29-/m111/s1. The molecule has 7 aliphatic rings. The Labute approximate surface area is 860 Å². The van der Waals surface area contributed by atoms with Crippen molar-refractivity contribution in [3.05, 3.63) is 23.0 Å². The number of nitrogens with zero attached hydrogens (tertiary/aromatic N) is 4. The zero-order chi connectivity index (χ0) is 111. The van der Waals surface area contributed by atoms with Crippen LogP contribution in [0.15, 0.2) is 11.6 Å². The van der Waals surface area contributed by atoms with Crippen LogP contribution in [0.25, 0.3) is 0 Å². The third-order valence-electron chi connectivity index (χ3n) is 23.9. The van der Waals surface area contributed by atoms with Crippen LogP contribution in [-0.2, 0) is 154 Å². The third-order valence-corrected chi connectivity index (χ3v) is 24.8. The molecule has 32 atom stereocenters. The lowest BCUT2D eigenvalue weighted by Crippen LogP contribution is -2.63. The van der Waals surface area contributed by atoms with Gasteiger partial charge in [-0.2, -0.15) is 13.2 Å². The number of alkyl halides is 3. The number of carbonyl (C=O) groups excluding carboxylic acids is 6. The van der Waals surface area contributed by atoms with Crippen molar-refractivity contribution < 1.29 is 227 Å². The molecule has 0 spiro atoms. The Morgan fingerprint density at radius 2 is 0.892 bits per heavy atom. The van der Waals surface area contributed by atoms with E-state index in [2.05, 4.69) is 57.7 Å². The average Bonchev–Trinajstić information content (AvgIpc) is 1.58. The van der Waals surface area contributed by atoms with Gasteiger partial charge in [-0.3, -0.25) is 9.59 Å². The fourth-order valence-electron chi connectivity index (χ4n) is 16.0. The van der Waals surface area contributed by atoms with E-state index in [1.807, 2.05) is 47.3 Å². The van der Waals surface area contributed by atoms with Gasteiger partial charge in [-0.1, -0.05) is 62.2 Å². The van der Waals surface area contributed by atoms with Gasteiger partial charge in [-0.25, -0.2) is 23.9 Å². The van der Waals surface area contributed by atoms with E-state index in [4.69, 9.17) is 125 Å². The van der Waals surface area contributed by atoms with E-state index in [0.29, 0.717) is 58.9 Å². The van der Waals surface area contributed by atoms with Crippen LogP contribution in [0.3, 0.4) is 0 Å². The maximum atomic E-state index is 13.3. The molecule has 1 aromatic rings. The molecule has 6 saturated heterocycles. The number of rotatable bonds is 54. The number of allylic oxidation sites excluding steroid dienone is 2. The van der Waals surface area contributed by atoms with E-state index in [1.54, 1.807) is 53.1 Å². The van der Waals surface area contributed by atoms with Crippen molar-refractivity contribution in [2.24, 2.45) is 17.3 Å². The minimum Gasteiger partial charge on any atom is -0.463 e. The van der Waals surface area contributed by atoms with E-state index < -0.39 is 278 Å². The van der Waals surface area contributed by atoms with Gasteiger partial charge >= 0.3 is 30.1 Å². The van der Waals surface area contributed by atoms with Crippen molar-refractivity contribution in [2.45, 2.75) is 358 Å². The van der Waals surface area contributed by atoms with Crippen molar-refractivity contribution in [1.29, 1.82) is 0 Å². The number of aliphatic hydroxyl groups excluding tert-OH is 13. The second-order valence-corrected chi connectivity index (χ2v) is 43.4. The smallest absolute Gasteiger partial charge is 0.422 e. The number of aryl methyl sites for hydroxylation is 1. The zero-order valence-electron chi connectivity index (χ0n) is 87.6. The molecule has 7 fully saturated rings. The van der Waals surface area contributed by atoms with Crippen molar-refractivity contribution in [3.63, 3.8) is 0 Å². The summed E-state index contributed by atoms with van der Waals surface area (Å²) in [6, 6.07) is 0. The molecule has 0 bridgehead atoms. The molecule has 1 aliphatic carbocycles. The monoisotopic (exact) mass is 2160 g/mol. The number of unbranched alkanes of at least 4 members (excludes halogenated alkanes) is 1. The average molecular weight is 2160 g/mol. The van der Waals surface area contributed by atoms with E-state index >= 15 is 0 Å². The van der Waals surface area contributed by atoms with Gasteiger partial charge in [0, 0.05) is 46.4 Å². The summed E-state index contributed by atoms with van der Waals surface area (Å²) in [6.45, 7) is 31.8. The van der Waals surface area contributed by atoms with Crippen LogP contribution in [0.4, 0.5) is 13.2 Å². The van der Waals surface area contributed by atoms with Gasteiger partial charge < -0.3 is 195 Å². The molecule has 8 unspecified atom stereocenters. The predicted molar refractivity (Wildman–Crippen MR) is 505 cm³/mol. The summed E-state index contributed by atoms with van der Waals surface area (Å²) < 4.78 is 177.